The first-order valence-electron chi connectivity index (χ1n) is 9.68. The van der Waals surface area contributed by atoms with Gasteiger partial charge in [-0.3, -0.25) is 0 Å². The Labute approximate surface area is 178 Å². The van der Waals surface area contributed by atoms with Crippen molar-refractivity contribution in [2.24, 2.45) is 4.99 Å². The Morgan fingerprint density at radius 1 is 0.968 bits per heavy atom. The Morgan fingerprint density at radius 3 is 2.42 bits per heavy atom. The summed E-state index contributed by atoms with van der Waals surface area (Å²) in [4.78, 5) is 4.43. The summed E-state index contributed by atoms with van der Waals surface area (Å²) in [6.07, 6.45) is 0. The minimum Gasteiger partial charge on any atom is -0.480 e. The van der Waals surface area contributed by atoms with E-state index in [2.05, 4.69) is 15.3 Å². The molecule has 3 aromatic carbocycles. The van der Waals surface area contributed by atoms with Crippen molar-refractivity contribution in [3.05, 3.63) is 101 Å². The van der Waals surface area contributed by atoms with Crippen LogP contribution in [0.4, 0.5) is 8.78 Å². The van der Waals surface area contributed by atoms with Crippen LogP contribution >= 0.6 is 0 Å². The van der Waals surface area contributed by atoms with Crippen molar-refractivity contribution in [3.63, 3.8) is 0 Å². The monoisotopic (exact) mass is 418 g/mol. The lowest BCUT2D eigenvalue weighted by molar-refractivity contribution is 0.400. The summed E-state index contributed by atoms with van der Waals surface area (Å²) in [5, 5.41) is 8.40. The van der Waals surface area contributed by atoms with Crippen molar-refractivity contribution in [2.45, 2.75) is 13.5 Å². The molecule has 156 valence electrons. The van der Waals surface area contributed by atoms with Crippen LogP contribution in [-0.4, -0.2) is 28.0 Å². The summed E-state index contributed by atoms with van der Waals surface area (Å²) < 4.78 is 35.7. The number of aryl methyl sites for hydroxylation is 1. The van der Waals surface area contributed by atoms with Gasteiger partial charge < -0.3 is 4.74 Å². The first-order chi connectivity index (χ1) is 15.1. The van der Waals surface area contributed by atoms with Gasteiger partial charge in [-0.1, -0.05) is 59.8 Å². The van der Waals surface area contributed by atoms with E-state index in [1.54, 1.807) is 24.3 Å². The summed E-state index contributed by atoms with van der Waals surface area (Å²) >= 11 is 0. The maximum Gasteiger partial charge on any atom is 0.239 e. The minimum absolute atomic E-state index is 0.0656. The fourth-order valence-corrected chi connectivity index (χ4v) is 3.25. The molecule has 0 spiro atoms. The van der Waals surface area contributed by atoms with Gasteiger partial charge in [-0.15, -0.1) is 5.10 Å². The number of para-hydroxylation sites is 1. The summed E-state index contributed by atoms with van der Waals surface area (Å²) in [5.41, 5.74) is 3.14. The van der Waals surface area contributed by atoms with Gasteiger partial charge in [0.1, 0.15) is 23.0 Å². The quantitative estimate of drug-likeness (QED) is 0.334. The first kappa shape index (κ1) is 20.4. The van der Waals surface area contributed by atoms with Crippen molar-refractivity contribution in [2.75, 3.05) is 7.11 Å². The van der Waals surface area contributed by atoms with Crippen LogP contribution in [0.3, 0.4) is 0 Å². The van der Waals surface area contributed by atoms with Gasteiger partial charge >= 0.3 is 0 Å². The van der Waals surface area contributed by atoms with Gasteiger partial charge in [0.2, 0.25) is 5.90 Å². The predicted molar refractivity (Wildman–Crippen MR) is 115 cm³/mol. The van der Waals surface area contributed by atoms with Crippen molar-refractivity contribution in [1.82, 2.24) is 15.0 Å². The van der Waals surface area contributed by atoms with E-state index >= 15 is 0 Å². The van der Waals surface area contributed by atoms with Gasteiger partial charge in [-0.2, -0.15) is 0 Å². The molecule has 0 bridgehead atoms. The van der Waals surface area contributed by atoms with Crippen LogP contribution in [0.25, 0.3) is 16.9 Å². The van der Waals surface area contributed by atoms with Crippen molar-refractivity contribution < 1.29 is 13.5 Å². The molecule has 31 heavy (non-hydrogen) atoms. The van der Waals surface area contributed by atoms with Crippen LogP contribution < -0.4 is 0 Å². The molecule has 0 aliphatic carbocycles. The average molecular weight is 418 g/mol. The van der Waals surface area contributed by atoms with E-state index in [-0.39, 0.29) is 23.9 Å². The number of aliphatic imine (C=N–C) groups is 1. The number of methoxy groups -OCH3 is 1. The van der Waals surface area contributed by atoms with Crippen LogP contribution in [-0.2, 0) is 11.3 Å². The zero-order valence-electron chi connectivity index (χ0n) is 17.1. The molecule has 0 saturated heterocycles. The van der Waals surface area contributed by atoms with Crippen LogP contribution in [0.2, 0.25) is 0 Å². The largest absolute Gasteiger partial charge is 0.480 e. The predicted octanol–water partition coefficient (Wildman–Crippen LogP) is 5.11. The molecule has 5 nitrogen and oxygen atoms in total. The molecule has 0 aliphatic rings. The molecule has 0 N–H and O–H groups in total. The van der Waals surface area contributed by atoms with Gasteiger partial charge in [-0.25, -0.2) is 18.5 Å². The Morgan fingerprint density at radius 2 is 1.71 bits per heavy atom. The van der Waals surface area contributed by atoms with Crippen LogP contribution in [0.5, 0.6) is 0 Å². The highest BCUT2D eigenvalue weighted by atomic mass is 19.1. The van der Waals surface area contributed by atoms with Gasteiger partial charge in [0.25, 0.3) is 0 Å². The number of halogens is 2. The number of nitrogens with zero attached hydrogens (tertiary/aromatic N) is 4. The number of aromatic nitrogens is 3. The number of hydrogen-bond acceptors (Lipinski definition) is 4. The summed E-state index contributed by atoms with van der Waals surface area (Å²) in [7, 11) is 1.46. The normalized spacial score (nSPS) is 11.5. The third-order valence-corrected chi connectivity index (χ3v) is 4.80. The summed E-state index contributed by atoms with van der Waals surface area (Å²) in [5.74, 6) is -0.590. The van der Waals surface area contributed by atoms with Crippen molar-refractivity contribution in [3.8, 4) is 16.9 Å². The molecule has 4 aromatic rings. The zero-order valence-corrected chi connectivity index (χ0v) is 17.1. The molecule has 4 rings (SSSR count). The minimum atomic E-state index is -0.436. The zero-order chi connectivity index (χ0) is 21.8. The highest BCUT2D eigenvalue weighted by Crippen LogP contribution is 2.27. The van der Waals surface area contributed by atoms with Crippen LogP contribution in [0, 0.1) is 18.6 Å². The van der Waals surface area contributed by atoms with Gasteiger partial charge in [0.05, 0.1) is 13.7 Å². The Kier molecular flexibility index (Phi) is 5.84. The maximum absolute atomic E-state index is 14.5. The van der Waals surface area contributed by atoms with Crippen LogP contribution in [0.1, 0.15) is 16.8 Å². The van der Waals surface area contributed by atoms with E-state index in [0.717, 1.165) is 11.1 Å². The molecule has 0 fully saturated rings. The number of rotatable bonds is 5. The molecule has 1 aromatic heterocycles. The SMILES string of the molecule is COC(=NCc1ccc(C)cc1F)c1nnn(-c2ccccc2F)c1-c1ccccc1. The Hall–Kier alpha value is -3.87. The number of hydrogen-bond donors (Lipinski definition) is 0. The fraction of sp³-hybridized carbons (Fsp3) is 0.125. The average Bonchev–Trinajstić information content (AvgIpc) is 3.21. The van der Waals surface area contributed by atoms with E-state index in [1.807, 2.05) is 43.3 Å². The lowest BCUT2D eigenvalue weighted by Gasteiger charge is -2.10. The Bertz CT molecular complexity index is 1240. The van der Waals surface area contributed by atoms with E-state index in [0.29, 0.717) is 17.0 Å². The first-order valence-corrected chi connectivity index (χ1v) is 9.68. The van der Waals surface area contributed by atoms with Crippen molar-refractivity contribution >= 4 is 5.90 Å². The van der Waals surface area contributed by atoms with Crippen molar-refractivity contribution in [1.29, 1.82) is 0 Å². The third-order valence-electron chi connectivity index (χ3n) is 4.80. The Balaban J connectivity index is 1.82. The molecule has 0 radical (unpaired) electrons. The molecule has 0 saturated carbocycles. The fourth-order valence-electron chi connectivity index (χ4n) is 3.25. The van der Waals surface area contributed by atoms with E-state index < -0.39 is 5.82 Å². The molecule has 0 atom stereocenters. The second-order valence-electron chi connectivity index (χ2n) is 6.94. The lowest BCUT2D eigenvalue weighted by atomic mass is 10.1. The topological polar surface area (TPSA) is 52.3 Å². The smallest absolute Gasteiger partial charge is 0.239 e. The third kappa shape index (κ3) is 4.21. The molecular formula is C24H20F2N4O. The molecule has 7 heteroatoms. The number of ether oxygens (including phenoxy) is 1. The van der Waals surface area contributed by atoms with Gasteiger partial charge in [0.15, 0.2) is 5.69 Å². The van der Waals surface area contributed by atoms with Crippen LogP contribution in [0.15, 0.2) is 77.8 Å². The lowest BCUT2D eigenvalue weighted by Crippen LogP contribution is -2.09. The molecule has 0 aliphatic heterocycles. The molecule has 0 amide bonds. The summed E-state index contributed by atoms with van der Waals surface area (Å²) in [6, 6.07) is 20.6. The summed E-state index contributed by atoms with van der Waals surface area (Å²) in [6.45, 7) is 1.89. The van der Waals surface area contributed by atoms with E-state index in [1.165, 1.54) is 23.9 Å². The van der Waals surface area contributed by atoms with Gasteiger partial charge in [0, 0.05) is 11.1 Å². The molecular weight excluding hydrogens is 398 g/mol. The highest BCUT2D eigenvalue weighted by Gasteiger charge is 2.22. The maximum atomic E-state index is 14.5. The molecule has 0 unspecified atom stereocenters. The second-order valence-corrected chi connectivity index (χ2v) is 6.94. The molecule has 1 heterocycles. The highest BCUT2D eigenvalue weighted by molar-refractivity contribution is 5.98. The van der Waals surface area contributed by atoms with Gasteiger partial charge in [-0.05, 0) is 30.7 Å². The second kappa shape index (κ2) is 8.87. The standard InChI is InChI=1S/C24H20F2N4O/c1-16-12-13-18(20(26)14-16)15-27-24(31-2)22-23(17-8-4-3-5-9-17)30(29-28-22)21-11-7-6-10-19(21)25/h3-14H,15H2,1-2H3. The number of benzene rings is 3. The van der Waals surface area contributed by atoms with E-state index in [9.17, 15) is 8.78 Å². The van der Waals surface area contributed by atoms with E-state index in [4.69, 9.17) is 4.74 Å².